The predicted octanol–water partition coefficient (Wildman–Crippen LogP) is 8.03. The predicted molar refractivity (Wildman–Crippen MR) is 207 cm³/mol. The van der Waals surface area contributed by atoms with Crippen molar-refractivity contribution in [3.8, 4) is 11.1 Å². The van der Waals surface area contributed by atoms with E-state index in [-0.39, 0.29) is 24.8 Å². The summed E-state index contributed by atoms with van der Waals surface area (Å²) >= 11 is 6.11. The van der Waals surface area contributed by atoms with E-state index in [4.69, 9.17) is 21.1 Å². The quantitative estimate of drug-likeness (QED) is 0.110. The number of aliphatic hydroxyl groups is 2. The number of halogens is 1. The third-order valence-corrected chi connectivity index (χ3v) is 10.6. The summed E-state index contributed by atoms with van der Waals surface area (Å²) in [4.78, 5) is 14.9. The first-order valence-electron chi connectivity index (χ1n) is 18.3. The van der Waals surface area contributed by atoms with E-state index in [0.29, 0.717) is 37.4 Å². The van der Waals surface area contributed by atoms with Gasteiger partial charge in [-0.3, -0.25) is 0 Å². The lowest BCUT2D eigenvalue weighted by Crippen LogP contribution is -2.46. The Morgan fingerprint density at radius 3 is 2.11 bits per heavy atom. The fourth-order valence-corrected chi connectivity index (χ4v) is 7.35. The topological polar surface area (TPSA) is 103 Å². The molecule has 8 nitrogen and oxygen atoms in total. The minimum Gasteiger partial charge on any atom is -0.392 e. The summed E-state index contributed by atoms with van der Waals surface area (Å²) in [5.41, 5.74) is 6.93. The fraction of sp³-hybridized carbons (Fsp3) is 0.295. The van der Waals surface area contributed by atoms with Gasteiger partial charge >= 0.3 is 6.03 Å². The lowest BCUT2D eigenvalue weighted by atomic mass is 9.84. The molecule has 0 aliphatic carbocycles. The molecule has 7 rings (SSSR count). The van der Waals surface area contributed by atoms with E-state index in [1.165, 1.54) is 0 Å². The molecule has 53 heavy (non-hydrogen) atoms. The number of ether oxygens (including phenoxy) is 2. The van der Waals surface area contributed by atoms with E-state index in [1.54, 1.807) is 0 Å². The van der Waals surface area contributed by atoms with E-state index in [2.05, 4.69) is 39.8 Å². The molecule has 0 radical (unpaired) electrons. The van der Waals surface area contributed by atoms with Crippen molar-refractivity contribution in [1.82, 2.24) is 15.5 Å². The zero-order valence-corrected chi connectivity index (χ0v) is 30.4. The van der Waals surface area contributed by atoms with Crippen molar-refractivity contribution in [1.29, 1.82) is 0 Å². The number of benzene rings is 5. The van der Waals surface area contributed by atoms with Crippen LogP contribution in [0.25, 0.3) is 11.1 Å². The number of aliphatic hydroxyl groups excluding tert-OH is 1. The van der Waals surface area contributed by atoms with Crippen LogP contribution >= 0.6 is 11.6 Å². The van der Waals surface area contributed by atoms with Gasteiger partial charge in [0.25, 0.3) is 0 Å². The van der Waals surface area contributed by atoms with Gasteiger partial charge in [-0.15, -0.1) is 0 Å². The highest BCUT2D eigenvalue weighted by atomic mass is 35.5. The van der Waals surface area contributed by atoms with Gasteiger partial charge < -0.3 is 35.2 Å². The second-order valence-corrected chi connectivity index (χ2v) is 14.5. The molecule has 5 aromatic carbocycles. The monoisotopic (exact) mass is 731 g/mol. The van der Waals surface area contributed by atoms with Crippen molar-refractivity contribution in [3.05, 3.63) is 166 Å². The van der Waals surface area contributed by atoms with Crippen molar-refractivity contribution in [3.63, 3.8) is 0 Å². The first-order chi connectivity index (χ1) is 25.8. The van der Waals surface area contributed by atoms with E-state index in [9.17, 15) is 15.0 Å². The molecule has 274 valence electrons. The molecule has 0 aromatic heterocycles. The van der Waals surface area contributed by atoms with Crippen LogP contribution in [0.2, 0.25) is 5.02 Å². The van der Waals surface area contributed by atoms with Gasteiger partial charge in [0.15, 0.2) is 6.29 Å². The van der Waals surface area contributed by atoms with E-state index < -0.39 is 11.9 Å². The Hall–Kier alpha value is -4.54. The highest BCUT2D eigenvalue weighted by molar-refractivity contribution is 6.30. The van der Waals surface area contributed by atoms with Gasteiger partial charge in [-0.2, -0.15) is 0 Å². The van der Waals surface area contributed by atoms with Crippen LogP contribution < -0.4 is 10.6 Å². The number of hydrogen-bond acceptors (Lipinski definition) is 6. The van der Waals surface area contributed by atoms with Gasteiger partial charge in [0, 0.05) is 49.7 Å². The number of urea groups is 1. The number of carbonyl (C=O) groups is 1. The molecule has 4 N–H and O–H groups in total. The van der Waals surface area contributed by atoms with Crippen molar-refractivity contribution in [2.24, 2.45) is 0 Å². The van der Waals surface area contributed by atoms with Gasteiger partial charge in [-0.25, -0.2) is 4.79 Å². The fourth-order valence-electron chi connectivity index (χ4n) is 7.22. The number of hydrogen-bond donors (Lipinski definition) is 4. The van der Waals surface area contributed by atoms with Crippen LogP contribution in [-0.2, 0) is 34.8 Å². The molecule has 2 amide bonds. The molecule has 0 unspecified atom stereocenters. The first kappa shape index (κ1) is 36.8. The standard InChI is InChI=1S/C44H46ClN3O5/c45-39-18-16-38(17-19-39)44(51)20-22-48(23-21-44)29-40-26-41(34-14-12-32(30-49)13-15-34)53-42(52-40)37-11-5-10-36(25-37)35-9-4-8-33(24-35)28-47-43(50)46-27-31-6-2-1-3-7-31/h1-19,24-25,40-42,49,51H,20-23,26-30H2,(H2,46,47,50)/t40-,41+,42+/m0/s1. The van der Waals surface area contributed by atoms with Gasteiger partial charge in [0.05, 0.1) is 24.4 Å². The molecule has 3 atom stereocenters. The molecule has 2 aliphatic heterocycles. The third kappa shape index (κ3) is 9.53. The van der Waals surface area contributed by atoms with Gasteiger partial charge in [-0.1, -0.05) is 115 Å². The summed E-state index contributed by atoms with van der Waals surface area (Å²) in [5.74, 6) is 0. The zero-order valence-electron chi connectivity index (χ0n) is 29.7. The number of likely N-dealkylation sites (tertiary alicyclic amines) is 1. The zero-order chi connectivity index (χ0) is 36.6. The smallest absolute Gasteiger partial charge is 0.315 e. The van der Waals surface area contributed by atoms with E-state index in [0.717, 1.165) is 64.1 Å². The molecule has 0 saturated carbocycles. The summed E-state index contributed by atoms with van der Waals surface area (Å²) in [5, 5.41) is 27.6. The molecular weight excluding hydrogens is 686 g/mol. The lowest BCUT2D eigenvalue weighted by Gasteiger charge is -2.42. The van der Waals surface area contributed by atoms with E-state index in [1.807, 2.05) is 103 Å². The molecule has 5 aromatic rings. The molecule has 0 bridgehead atoms. The summed E-state index contributed by atoms with van der Waals surface area (Å²) in [6.07, 6.45) is 1.04. The molecule has 2 heterocycles. The molecular formula is C44H46ClN3O5. The Morgan fingerprint density at radius 1 is 0.736 bits per heavy atom. The molecule has 2 saturated heterocycles. The van der Waals surface area contributed by atoms with Crippen molar-refractivity contribution in [2.75, 3.05) is 19.6 Å². The van der Waals surface area contributed by atoms with Crippen LogP contribution in [0.3, 0.4) is 0 Å². The normalized spacial score (nSPS) is 20.1. The Bertz CT molecular complexity index is 1950. The SMILES string of the molecule is O=C(NCc1ccccc1)NCc1cccc(-c2cccc([C@@H]3O[C@H](CN4CCC(O)(c5ccc(Cl)cc5)CC4)C[C@H](c4ccc(CO)cc4)O3)c2)c1. The highest BCUT2D eigenvalue weighted by Gasteiger charge is 2.37. The highest BCUT2D eigenvalue weighted by Crippen LogP contribution is 2.40. The number of rotatable bonds is 11. The molecule has 9 heteroatoms. The van der Waals surface area contributed by atoms with Gasteiger partial charge in [0.1, 0.15) is 0 Å². The van der Waals surface area contributed by atoms with Crippen LogP contribution in [0.15, 0.2) is 127 Å². The maximum Gasteiger partial charge on any atom is 0.315 e. The Balaban J connectivity index is 1.03. The number of nitrogens with zero attached hydrogens (tertiary/aromatic N) is 1. The molecule has 2 aliphatic rings. The average Bonchev–Trinajstić information content (AvgIpc) is 3.21. The average molecular weight is 732 g/mol. The summed E-state index contributed by atoms with van der Waals surface area (Å²) in [7, 11) is 0. The van der Waals surface area contributed by atoms with Gasteiger partial charge in [-0.05, 0) is 76.1 Å². The summed E-state index contributed by atoms with van der Waals surface area (Å²) in [6.45, 7) is 3.06. The summed E-state index contributed by atoms with van der Waals surface area (Å²) in [6, 6.07) is 41.5. The van der Waals surface area contributed by atoms with Crippen LogP contribution in [0.1, 0.15) is 65.0 Å². The third-order valence-electron chi connectivity index (χ3n) is 10.3. The number of piperidine rings is 1. The lowest BCUT2D eigenvalue weighted by molar-refractivity contribution is -0.253. The van der Waals surface area contributed by atoms with Crippen molar-refractivity contribution < 1.29 is 24.5 Å². The number of nitrogens with one attached hydrogen (secondary N) is 2. The van der Waals surface area contributed by atoms with Crippen molar-refractivity contribution >= 4 is 17.6 Å². The Morgan fingerprint density at radius 2 is 1.40 bits per heavy atom. The summed E-state index contributed by atoms with van der Waals surface area (Å²) < 4.78 is 13.4. The maximum absolute atomic E-state index is 12.5. The minimum absolute atomic E-state index is 0.0109. The molecule has 0 spiro atoms. The maximum atomic E-state index is 12.5. The second-order valence-electron chi connectivity index (χ2n) is 14.0. The van der Waals surface area contributed by atoms with Crippen LogP contribution in [0, 0.1) is 0 Å². The minimum atomic E-state index is -0.875. The number of amides is 2. The van der Waals surface area contributed by atoms with Crippen molar-refractivity contribution in [2.45, 2.75) is 63.1 Å². The Labute approximate surface area is 316 Å². The van der Waals surface area contributed by atoms with Crippen LogP contribution in [0.4, 0.5) is 4.79 Å². The van der Waals surface area contributed by atoms with Gasteiger partial charge in [0.2, 0.25) is 0 Å². The largest absolute Gasteiger partial charge is 0.392 e. The second kappa shape index (κ2) is 17.1. The van der Waals surface area contributed by atoms with Crippen LogP contribution in [0.5, 0.6) is 0 Å². The Kier molecular flexibility index (Phi) is 11.9. The molecule has 2 fully saturated rings. The first-order valence-corrected chi connectivity index (χ1v) is 18.7. The van der Waals surface area contributed by atoms with Crippen LogP contribution in [-0.4, -0.2) is 46.9 Å². The van der Waals surface area contributed by atoms with E-state index >= 15 is 0 Å². The number of carbonyl (C=O) groups excluding carboxylic acids is 1.